The van der Waals surface area contributed by atoms with Gasteiger partial charge in [0.1, 0.15) is 12.3 Å². The van der Waals surface area contributed by atoms with Crippen molar-refractivity contribution in [2.45, 2.75) is 26.3 Å². The van der Waals surface area contributed by atoms with Crippen molar-refractivity contribution in [3.63, 3.8) is 0 Å². The Morgan fingerprint density at radius 3 is 2.26 bits per heavy atom. The number of benzene rings is 2. The Hall–Kier alpha value is -3.18. The van der Waals surface area contributed by atoms with E-state index < -0.39 is 32.6 Å². The first-order valence-electron chi connectivity index (χ1n) is 12.1. The fraction of sp³-hybridized carbons (Fsp3) is 0.148. The molecule has 214 valence electrons. The van der Waals surface area contributed by atoms with Crippen LogP contribution in [0.4, 0.5) is 13.2 Å². The predicted molar refractivity (Wildman–Crippen MR) is 145 cm³/mol. The summed E-state index contributed by atoms with van der Waals surface area (Å²) >= 11 is 6.11. The van der Waals surface area contributed by atoms with Crippen LogP contribution in [0.3, 0.4) is 0 Å². The maximum atomic E-state index is 14.4. The van der Waals surface area contributed by atoms with Crippen molar-refractivity contribution < 1.29 is 57.0 Å². The number of halogens is 4. The zero-order chi connectivity index (χ0) is 30.2. The van der Waals surface area contributed by atoms with E-state index >= 15 is 0 Å². The van der Waals surface area contributed by atoms with Gasteiger partial charge in [-0.15, -0.1) is 10.2 Å². The van der Waals surface area contributed by atoms with E-state index in [4.69, 9.17) is 16.1 Å². The zero-order valence-corrected chi connectivity index (χ0v) is 26.2. The Kier molecular flexibility index (Phi) is 10.1. The van der Waals surface area contributed by atoms with E-state index in [1.54, 1.807) is 48.5 Å². The van der Waals surface area contributed by atoms with Gasteiger partial charge in [-0.1, -0.05) is 41.9 Å². The number of nitriles is 1. The van der Waals surface area contributed by atoms with Crippen molar-refractivity contribution in [2.75, 3.05) is 0 Å². The number of fused-ring (bicyclic) bond motifs is 1. The maximum absolute atomic E-state index is 14.4. The third-order valence-corrected chi connectivity index (χ3v) is 7.02. The van der Waals surface area contributed by atoms with Crippen molar-refractivity contribution in [2.24, 2.45) is 0 Å². The van der Waals surface area contributed by atoms with Crippen LogP contribution >= 0.6 is 20.2 Å². The van der Waals surface area contributed by atoms with Crippen molar-refractivity contribution in [3.05, 3.63) is 104 Å². The fourth-order valence-corrected chi connectivity index (χ4v) is 4.80. The van der Waals surface area contributed by atoms with Gasteiger partial charge in [0.25, 0.3) is 5.56 Å². The van der Waals surface area contributed by atoms with Crippen LogP contribution < -0.4 is 40.0 Å². The van der Waals surface area contributed by atoms with Gasteiger partial charge < -0.3 is 14.3 Å². The van der Waals surface area contributed by atoms with Gasteiger partial charge in [-0.05, 0) is 53.9 Å². The van der Waals surface area contributed by atoms with Crippen LogP contribution in [0.15, 0.2) is 65.5 Å². The molecule has 0 spiro atoms. The third-order valence-electron chi connectivity index (χ3n) is 6.41. The molecular formula is C27H18ClF3N6NaO4P. The van der Waals surface area contributed by atoms with Gasteiger partial charge in [-0.2, -0.15) is 18.4 Å². The van der Waals surface area contributed by atoms with E-state index in [2.05, 4.69) is 15.2 Å². The number of alkyl halides is 3. The Bertz CT molecular complexity index is 1890. The van der Waals surface area contributed by atoms with E-state index in [9.17, 15) is 33.0 Å². The summed E-state index contributed by atoms with van der Waals surface area (Å²) in [4.78, 5) is 38.6. The van der Waals surface area contributed by atoms with Crippen molar-refractivity contribution in [1.29, 1.82) is 5.26 Å². The summed E-state index contributed by atoms with van der Waals surface area (Å²) in [6, 6.07) is 16.9. The minimum atomic E-state index is -4.66. The molecule has 10 nitrogen and oxygen atoms in total. The number of nitrogens with zero attached hydrogens (tertiary/aromatic N) is 6. The number of pyridine rings is 1. The molecular weight excluding hydrogens is 619 g/mol. The van der Waals surface area contributed by atoms with Gasteiger partial charge in [-0.25, -0.2) is 14.2 Å². The first kappa shape index (κ1) is 32.7. The molecule has 0 saturated heterocycles. The molecule has 0 saturated carbocycles. The Balaban J connectivity index is 0.00000423. The van der Waals surface area contributed by atoms with E-state index in [0.29, 0.717) is 32.8 Å². The van der Waals surface area contributed by atoms with E-state index in [1.807, 2.05) is 6.07 Å². The Labute approximate surface area is 270 Å². The third kappa shape index (κ3) is 6.82. The molecule has 3 heterocycles. The quantitative estimate of drug-likeness (QED) is 0.210. The monoisotopic (exact) mass is 636 g/mol. The van der Waals surface area contributed by atoms with Crippen LogP contribution in [0, 0.1) is 18.3 Å². The van der Waals surface area contributed by atoms with Gasteiger partial charge in [0.05, 0.1) is 32.3 Å². The second-order valence-corrected chi connectivity index (χ2v) is 10.2. The fourth-order valence-electron chi connectivity index (χ4n) is 4.45. The average Bonchev–Trinajstić information content (AvgIpc) is 3.37. The van der Waals surface area contributed by atoms with Gasteiger partial charge in [0.15, 0.2) is 11.5 Å². The van der Waals surface area contributed by atoms with Gasteiger partial charge in [0.2, 0.25) is 0 Å². The van der Waals surface area contributed by atoms with Crippen molar-refractivity contribution >= 4 is 25.9 Å². The van der Waals surface area contributed by atoms with Crippen LogP contribution in [0.5, 0.6) is 0 Å². The minimum absolute atomic E-state index is 0. The summed E-state index contributed by atoms with van der Waals surface area (Å²) in [6.45, 7) is 0.628. The van der Waals surface area contributed by atoms with Crippen LogP contribution in [0.2, 0.25) is 5.02 Å². The number of aryl methyl sites for hydroxylation is 1. The largest absolute Gasteiger partial charge is 1.00 e. The Morgan fingerprint density at radius 1 is 1.05 bits per heavy atom. The summed E-state index contributed by atoms with van der Waals surface area (Å²) in [6.07, 6.45) is -4.66. The van der Waals surface area contributed by atoms with Crippen LogP contribution in [0.1, 0.15) is 28.3 Å². The molecule has 16 heteroatoms. The standard InChI is InChI=1S/C27H18ClF3N6O4P.Na/c1-15-19(8-11-21(33-15)27(29,30)31)13-36-26(38)24(18-4-2-16(12-32)3-5-18)23(17-6-9-20(28)10-7-17)25-35-34-22(37(25)36)14-41-42(39)40;/h2-11,39H,13-14H2,1H3;/q-1;+1. The molecule has 0 aliphatic rings. The van der Waals surface area contributed by atoms with Crippen LogP contribution in [0.25, 0.3) is 27.9 Å². The van der Waals surface area contributed by atoms with Gasteiger partial charge in [-0.3, -0.25) is 4.79 Å². The molecule has 3 aromatic heterocycles. The van der Waals surface area contributed by atoms with Gasteiger partial charge in [0, 0.05) is 16.3 Å². The molecule has 0 aliphatic carbocycles. The number of hydrogen-bond acceptors (Lipinski definition) is 8. The summed E-state index contributed by atoms with van der Waals surface area (Å²) in [7, 11) is -3.02. The number of aromatic nitrogens is 5. The molecule has 1 unspecified atom stereocenters. The molecule has 2 aromatic carbocycles. The molecule has 1 atom stereocenters. The normalized spacial score (nSPS) is 12.1. The summed E-state index contributed by atoms with van der Waals surface area (Å²) in [5, 5.41) is 18.1. The molecule has 0 radical (unpaired) electrons. The van der Waals surface area contributed by atoms with E-state index in [-0.39, 0.29) is 58.8 Å². The van der Waals surface area contributed by atoms with E-state index in [1.165, 1.54) is 22.2 Å². The zero-order valence-electron chi connectivity index (χ0n) is 22.5. The first-order chi connectivity index (χ1) is 20.0. The molecule has 5 aromatic rings. The average molecular weight is 637 g/mol. The molecule has 1 N–H and O–H groups in total. The minimum Gasteiger partial charge on any atom is -0.786 e. The molecule has 0 bridgehead atoms. The molecule has 0 fully saturated rings. The van der Waals surface area contributed by atoms with Gasteiger partial charge >= 0.3 is 35.7 Å². The number of hydrogen-bond donors (Lipinski definition) is 1. The second kappa shape index (κ2) is 13.2. The second-order valence-electron chi connectivity index (χ2n) is 9.01. The van der Waals surface area contributed by atoms with Crippen LogP contribution in [-0.4, -0.2) is 29.3 Å². The predicted octanol–water partition coefficient (Wildman–Crippen LogP) is 1.62. The van der Waals surface area contributed by atoms with Crippen LogP contribution in [-0.2, 0) is 23.9 Å². The SMILES string of the molecule is Cc1nc(C(F)(F)F)ccc1Cn1c(=O)c(-c2ccc(C#N)cc2)c(-c2ccc(Cl)cc2)c2nnc(COP([O-])O)n21.[Na+]. The smallest absolute Gasteiger partial charge is 0.786 e. The summed E-state index contributed by atoms with van der Waals surface area (Å²) in [5.41, 5.74) is 0.650. The molecule has 5 rings (SSSR count). The van der Waals surface area contributed by atoms with E-state index in [0.717, 1.165) is 6.07 Å². The summed E-state index contributed by atoms with van der Waals surface area (Å²) in [5.74, 6) is -0.0152. The Morgan fingerprint density at radius 2 is 1.67 bits per heavy atom. The first-order valence-corrected chi connectivity index (χ1v) is 13.6. The molecule has 43 heavy (non-hydrogen) atoms. The molecule has 0 amide bonds. The maximum Gasteiger partial charge on any atom is 1.00 e. The van der Waals surface area contributed by atoms with Crippen molar-refractivity contribution in [1.82, 2.24) is 24.4 Å². The number of rotatable bonds is 7. The topological polar surface area (TPSA) is 141 Å². The molecule has 0 aliphatic heterocycles. The van der Waals surface area contributed by atoms with Crippen molar-refractivity contribution in [3.8, 4) is 28.3 Å². The summed E-state index contributed by atoms with van der Waals surface area (Å²) < 4.78 is 47.1.